The minimum absolute atomic E-state index is 0.157. The first-order valence-electron chi connectivity index (χ1n) is 8.00. The third-order valence-corrected chi connectivity index (χ3v) is 4.28. The molecule has 2 N–H and O–H groups in total. The van der Waals surface area contributed by atoms with E-state index in [1.807, 2.05) is 54.6 Å². The van der Waals surface area contributed by atoms with Crippen molar-refractivity contribution in [2.45, 2.75) is 12.8 Å². The van der Waals surface area contributed by atoms with E-state index in [1.165, 1.54) is 0 Å². The van der Waals surface area contributed by atoms with Crippen molar-refractivity contribution in [3.8, 4) is 0 Å². The molecule has 4 rings (SSSR count). The summed E-state index contributed by atoms with van der Waals surface area (Å²) in [5.74, 6) is -0.0268. The van der Waals surface area contributed by atoms with Gasteiger partial charge in [0.2, 0.25) is 5.91 Å². The molecule has 3 aromatic rings. The molecule has 2 aromatic carbocycles. The van der Waals surface area contributed by atoms with Gasteiger partial charge in [0, 0.05) is 35.2 Å². The Morgan fingerprint density at radius 2 is 1.88 bits per heavy atom. The highest BCUT2D eigenvalue weighted by Gasteiger charge is 2.21. The van der Waals surface area contributed by atoms with Gasteiger partial charge < -0.3 is 15.2 Å². The van der Waals surface area contributed by atoms with Crippen LogP contribution in [0, 0.1) is 0 Å². The topological polar surface area (TPSA) is 65.2 Å². The molecule has 0 radical (unpaired) electrons. The van der Waals surface area contributed by atoms with Gasteiger partial charge in [0.15, 0.2) is 0 Å². The number of fused-ring (bicyclic) bond motifs is 1. The maximum Gasteiger partial charge on any atom is 0.272 e. The Bertz CT molecular complexity index is 879. The fourth-order valence-electron chi connectivity index (χ4n) is 3.04. The monoisotopic (exact) mass is 319 g/mol. The minimum atomic E-state index is -0.184. The normalized spacial score (nSPS) is 14.3. The Labute approximate surface area is 139 Å². The highest BCUT2D eigenvalue weighted by molar-refractivity contribution is 6.06. The van der Waals surface area contributed by atoms with Crippen molar-refractivity contribution in [1.82, 2.24) is 4.98 Å². The molecular formula is C19H17N3O2. The average Bonchev–Trinajstić information content (AvgIpc) is 3.21. The van der Waals surface area contributed by atoms with Gasteiger partial charge in [-0.3, -0.25) is 9.59 Å². The molecule has 5 heteroatoms. The predicted molar refractivity (Wildman–Crippen MR) is 94.3 cm³/mol. The molecule has 1 aromatic heterocycles. The van der Waals surface area contributed by atoms with Crippen LogP contribution in [0.5, 0.6) is 0 Å². The molecule has 0 bridgehead atoms. The summed E-state index contributed by atoms with van der Waals surface area (Å²) in [7, 11) is 0. The van der Waals surface area contributed by atoms with Crippen molar-refractivity contribution < 1.29 is 9.59 Å². The van der Waals surface area contributed by atoms with Crippen molar-refractivity contribution in [1.29, 1.82) is 0 Å². The Hall–Kier alpha value is -3.08. The van der Waals surface area contributed by atoms with Crippen LogP contribution < -0.4 is 10.2 Å². The number of carbonyl (C=O) groups is 2. The number of nitrogens with zero attached hydrogens (tertiary/aromatic N) is 1. The number of anilines is 2. The number of hydrogen-bond acceptors (Lipinski definition) is 2. The van der Waals surface area contributed by atoms with E-state index in [0.717, 1.165) is 29.6 Å². The van der Waals surface area contributed by atoms with Gasteiger partial charge in [0.05, 0.1) is 0 Å². The van der Waals surface area contributed by atoms with Crippen LogP contribution in [0.2, 0.25) is 0 Å². The van der Waals surface area contributed by atoms with Crippen molar-refractivity contribution in [3.63, 3.8) is 0 Å². The molecule has 2 amide bonds. The molecule has 0 saturated carbocycles. The zero-order valence-corrected chi connectivity index (χ0v) is 13.1. The average molecular weight is 319 g/mol. The van der Waals surface area contributed by atoms with Crippen LogP contribution in [-0.4, -0.2) is 23.3 Å². The van der Waals surface area contributed by atoms with Crippen LogP contribution in [-0.2, 0) is 4.79 Å². The second-order valence-corrected chi connectivity index (χ2v) is 5.92. The lowest BCUT2D eigenvalue weighted by molar-refractivity contribution is -0.117. The van der Waals surface area contributed by atoms with Gasteiger partial charge >= 0.3 is 0 Å². The number of aromatic nitrogens is 1. The largest absolute Gasteiger partial charge is 0.351 e. The Morgan fingerprint density at radius 1 is 1.08 bits per heavy atom. The van der Waals surface area contributed by atoms with Gasteiger partial charge in [-0.15, -0.1) is 0 Å². The maximum atomic E-state index is 12.4. The van der Waals surface area contributed by atoms with Crippen LogP contribution in [0.4, 0.5) is 11.4 Å². The van der Waals surface area contributed by atoms with Gasteiger partial charge in [-0.25, -0.2) is 0 Å². The number of para-hydroxylation sites is 1. The van der Waals surface area contributed by atoms with Gasteiger partial charge in [-0.05, 0) is 42.8 Å². The summed E-state index contributed by atoms with van der Waals surface area (Å²) in [4.78, 5) is 29.0. The molecule has 1 fully saturated rings. The molecule has 5 nitrogen and oxygen atoms in total. The van der Waals surface area contributed by atoms with Gasteiger partial charge in [-0.1, -0.05) is 18.2 Å². The van der Waals surface area contributed by atoms with Gasteiger partial charge in [0.25, 0.3) is 5.91 Å². The van der Waals surface area contributed by atoms with E-state index < -0.39 is 0 Å². The molecule has 0 atom stereocenters. The number of rotatable bonds is 3. The molecule has 24 heavy (non-hydrogen) atoms. The molecule has 0 spiro atoms. The van der Waals surface area contributed by atoms with Crippen molar-refractivity contribution >= 4 is 34.1 Å². The zero-order chi connectivity index (χ0) is 16.5. The summed E-state index contributed by atoms with van der Waals surface area (Å²) in [6.45, 7) is 0.763. The van der Waals surface area contributed by atoms with E-state index in [2.05, 4.69) is 10.3 Å². The first-order chi connectivity index (χ1) is 11.7. The van der Waals surface area contributed by atoms with E-state index in [4.69, 9.17) is 0 Å². The lowest BCUT2D eigenvalue weighted by Gasteiger charge is -2.16. The van der Waals surface area contributed by atoms with Crippen LogP contribution in [0.3, 0.4) is 0 Å². The second-order valence-electron chi connectivity index (χ2n) is 5.92. The highest BCUT2D eigenvalue weighted by Crippen LogP contribution is 2.23. The fourth-order valence-corrected chi connectivity index (χ4v) is 3.04. The van der Waals surface area contributed by atoms with E-state index in [9.17, 15) is 9.59 Å². The number of aromatic amines is 1. The zero-order valence-electron chi connectivity index (χ0n) is 13.1. The summed E-state index contributed by atoms with van der Waals surface area (Å²) >= 11 is 0. The first-order valence-corrected chi connectivity index (χ1v) is 8.00. The fraction of sp³-hybridized carbons (Fsp3) is 0.158. The molecule has 0 unspecified atom stereocenters. The third kappa shape index (κ3) is 2.65. The van der Waals surface area contributed by atoms with E-state index >= 15 is 0 Å². The molecule has 1 saturated heterocycles. The van der Waals surface area contributed by atoms with Gasteiger partial charge in [0.1, 0.15) is 5.69 Å². The van der Waals surface area contributed by atoms with Crippen LogP contribution in [0.15, 0.2) is 54.6 Å². The van der Waals surface area contributed by atoms with Crippen LogP contribution >= 0.6 is 0 Å². The van der Waals surface area contributed by atoms with E-state index in [1.54, 1.807) is 4.90 Å². The highest BCUT2D eigenvalue weighted by atomic mass is 16.2. The van der Waals surface area contributed by atoms with E-state index in [0.29, 0.717) is 17.8 Å². The summed E-state index contributed by atoms with van der Waals surface area (Å²) in [6, 6.07) is 17.0. The summed E-state index contributed by atoms with van der Waals surface area (Å²) in [5, 5.41) is 3.88. The predicted octanol–water partition coefficient (Wildman–Crippen LogP) is 3.55. The van der Waals surface area contributed by atoms with Gasteiger partial charge in [-0.2, -0.15) is 0 Å². The Kier molecular flexibility index (Phi) is 3.54. The van der Waals surface area contributed by atoms with Crippen molar-refractivity contribution in [3.05, 3.63) is 60.3 Å². The number of carbonyl (C=O) groups excluding carboxylic acids is 2. The van der Waals surface area contributed by atoms with Crippen molar-refractivity contribution in [2.24, 2.45) is 0 Å². The van der Waals surface area contributed by atoms with Crippen molar-refractivity contribution in [2.75, 3.05) is 16.8 Å². The summed E-state index contributed by atoms with van der Waals surface area (Å²) in [5.41, 5.74) is 3.04. The number of H-pyrrole nitrogens is 1. The lowest BCUT2D eigenvalue weighted by Crippen LogP contribution is -2.23. The summed E-state index contributed by atoms with van der Waals surface area (Å²) in [6.07, 6.45) is 1.51. The number of benzene rings is 2. The summed E-state index contributed by atoms with van der Waals surface area (Å²) < 4.78 is 0. The first kappa shape index (κ1) is 14.5. The molecule has 1 aliphatic rings. The number of nitrogens with one attached hydrogen (secondary N) is 2. The van der Waals surface area contributed by atoms with E-state index in [-0.39, 0.29) is 11.8 Å². The SMILES string of the molecule is O=C(Nc1ccc(N2CCCC2=O)cc1)c1cc2ccccc2[nH]1. The number of amides is 2. The second kappa shape index (κ2) is 5.85. The standard InChI is InChI=1S/C19H17N3O2/c23-18-6-3-11-22(18)15-9-7-14(8-10-15)20-19(24)17-12-13-4-1-2-5-16(13)21-17/h1-2,4-5,7-10,12,21H,3,6,11H2,(H,20,24). The lowest BCUT2D eigenvalue weighted by atomic mass is 10.2. The number of hydrogen-bond donors (Lipinski definition) is 2. The third-order valence-electron chi connectivity index (χ3n) is 4.28. The van der Waals surface area contributed by atoms with Crippen LogP contribution in [0.25, 0.3) is 10.9 Å². The van der Waals surface area contributed by atoms with Crippen LogP contribution in [0.1, 0.15) is 23.3 Å². The molecule has 0 aliphatic carbocycles. The Morgan fingerprint density at radius 3 is 2.58 bits per heavy atom. The molecular weight excluding hydrogens is 302 g/mol. The maximum absolute atomic E-state index is 12.4. The Balaban J connectivity index is 1.50. The molecule has 120 valence electrons. The molecule has 2 heterocycles. The smallest absolute Gasteiger partial charge is 0.272 e. The molecule has 1 aliphatic heterocycles. The minimum Gasteiger partial charge on any atom is -0.351 e. The quantitative estimate of drug-likeness (QED) is 0.775.